The summed E-state index contributed by atoms with van der Waals surface area (Å²) in [5.74, 6) is -0.968. The molecule has 0 unspecified atom stereocenters. The quantitative estimate of drug-likeness (QED) is 0.447. The van der Waals surface area contributed by atoms with Crippen molar-refractivity contribution in [1.29, 1.82) is 0 Å². The molecule has 0 saturated carbocycles. The van der Waals surface area contributed by atoms with Crippen LogP contribution in [0, 0.1) is 0 Å². The molecule has 4 nitrogen and oxygen atoms in total. The van der Waals surface area contributed by atoms with Crippen molar-refractivity contribution in [2.45, 2.75) is 65.7 Å². The molecular formula is C17H40N2O2P+. The van der Waals surface area contributed by atoms with Crippen LogP contribution in [0.4, 0.5) is 0 Å². The van der Waals surface area contributed by atoms with Crippen molar-refractivity contribution in [3.63, 3.8) is 0 Å². The molecule has 0 fully saturated rings. The summed E-state index contributed by atoms with van der Waals surface area (Å²) < 4.78 is 0. The second-order valence-corrected chi connectivity index (χ2v) is 10.5. The van der Waals surface area contributed by atoms with Gasteiger partial charge in [0.2, 0.25) is 0 Å². The molecule has 0 atom stereocenters. The average molecular weight is 335 g/mol. The summed E-state index contributed by atoms with van der Waals surface area (Å²) >= 11 is 0. The molecule has 5 heteroatoms. The molecule has 0 aliphatic carbocycles. The van der Waals surface area contributed by atoms with Gasteiger partial charge in [-0.2, -0.15) is 0 Å². The highest BCUT2D eigenvalue weighted by Crippen LogP contribution is 2.61. The maximum absolute atomic E-state index is 9.24. The van der Waals surface area contributed by atoms with E-state index < -0.39 is 13.2 Å². The van der Waals surface area contributed by atoms with E-state index in [4.69, 9.17) is 10.8 Å². The SMILES string of the molecule is CCCC[P+](CCCC)(CCCC)CCCN.NCC(=O)O. The Morgan fingerprint density at radius 2 is 1.14 bits per heavy atom. The fourth-order valence-electron chi connectivity index (χ4n) is 2.58. The molecule has 134 valence electrons. The largest absolute Gasteiger partial charge is 0.480 e. The monoisotopic (exact) mass is 335 g/mol. The Bertz CT molecular complexity index is 213. The lowest BCUT2D eigenvalue weighted by molar-refractivity contribution is -0.135. The second kappa shape index (κ2) is 17.2. The van der Waals surface area contributed by atoms with Crippen molar-refractivity contribution < 1.29 is 9.90 Å². The molecule has 0 amide bonds. The van der Waals surface area contributed by atoms with Crippen molar-refractivity contribution in [3.8, 4) is 0 Å². The molecule has 0 aromatic carbocycles. The summed E-state index contributed by atoms with van der Waals surface area (Å²) in [6.45, 7) is 7.61. The van der Waals surface area contributed by atoms with Crippen molar-refractivity contribution in [3.05, 3.63) is 0 Å². The lowest BCUT2D eigenvalue weighted by Crippen LogP contribution is -2.15. The zero-order chi connectivity index (χ0) is 17.3. The van der Waals surface area contributed by atoms with Crippen LogP contribution in [-0.2, 0) is 4.79 Å². The van der Waals surface area contributed by atoms with Crippen molar-refractivity contribution >= 4 is 13.2 Å². The van der Waals surface area contributed by atoms with Gasteiger partial charge in [0.25, 0.3) is 0 Å². The molecule has 0 heterocycles. The molecule has 0 aromatic heterocycles. The van der Waals surface area contributed by atoms with Gasteiger partial charge in [0.15, 0.2) is 0 Å². The van der Waals surface area contributed by atoms with E-state index in [9.17, 15) is 4.79 Å². The maximum atomic E-state index is 9.24. The van der Waals surface area contributed by atoms with Crippen LogP contribution in [0.5, 0.6) is 0 Å². The smallest absolute Gasteiger partial charge is 0.317 e. The predicted octanol–water partition coefficient (Wildman–Crippen LogP) is 3.78. The van der Waals surface area contributed by atoms with Gasteiger partial charge in [0, 0.05) is 7.26 Å². The van der Waals surface area contributed by atoms with Gasteiger partial charge < -0.3 is 16.6 Å². The van der Waals surface area contributed by atoms with E-state index >= 15 is 0 Å². The first-order valence-corrected chi connectivity index (χ1v) is 11.5. The van der Waals surface area contributed by atoms with E-state index in [0.29, 0.717) is 0 Å². The third-order valence-electron chi connectivity index (χ3n) is 3.97. The minimum Gasteiger partial charge on any atom is -0.480 e. The fourth-order valence-corrected chi connectivity index (χ4v) is 7.73. The Morgan fingerprint density at radius 3 is 1.36 bits per heavy atom. The number of hydrogen-bond donors (Lipinski definition) is 3. The van der Waals surface area contributed by atoms with Crippen LogP contribution in [0.2, 0.25) is 0 Å². The van der Waals surface area contributed by atoms with E-state index in [-0.39, 0.29) is 6.54 Å². The van der Waals surface area contributed by atoms with Crippen LogP contribution < -0.4 is 11.5 Å². The standard InChI is InChI=1S/C15H35NP.C2H5NO2/c1-4-7-12-17(13-8-5-2,14-9-6-3)15-10-11-16;3-1-2(4)5/h4-16H2,1-3H3;1,3H2,(H,4,5)/q+1;. The first-order chi connectivity index (χ1) is 10.5. The highest BCUT2D eigenvalue weighted by molar-refractivity contribution is 7.75. The first kappa shape index (κ1) is 24.1. The van der Waals surface area contributed by atoms with Crippen molar-refractivity contribution in [2.24, 2.45) is 11.5 Å². The fraction of sp³-hybridized carbons (Fsp3) is 0.941. The van der Waals surface area contributed by atoms with Crippen LogP contribution >= 0.6 is 7.26 Å². The molecule has 0 spiro atoms. The molecule has 22 heavy (non-hydrogen) atoms. The first-order valence-electron chi connectivity index (χ1n) is 8.98. The van der Waals surface area contributed by atoms with Crippen molar-refractivity contribution in [1.82, 2.24) is 0 Å². The van der Waals surface area contributed by atoms with Gasteiger partial charge in [0.05, 0.1) is 31.2 Å². The minimum atomic E-state index is -0.968. The maximum Gasteiger partial charge on any atom is 0.317 e. The average Bonchev–Trinajstić information content (AvgIpc) is 2.54. The van der Waals surface area contributed by atoms with Gasteiger partial charge in [-0.15, -0.1) is 0 Å². The number of carboxylic acid groups (broad SMARTS) is 1. The summed E-state index contributed by atoms with van der Waals surface area (Å²) in [6.07, 6.45) is 15.8. The Morgan fingerprint density at radius 1 is 0.818 bits per heavy atom. The van der Waals surface area contributed by atoms with Gasteiger partial charge in [0.1, 0.15) is 0 Å². The molecule has 0 saturated heterocycles. The molecule has 0 aromatic rings. The number of nitrogens with two attached hydrogens (primary N) is 2. The van der Waals surface area contributed by atoms with E-state index in [1.165, 1.54) is 51.1 Å². The number of carbonyl (C=O) groups is 1. The number of hydrogen-bond acceptors (Lipinski definition) is 3. The van der Waals surface area contributed by atoms with E-state index in [1.54, 1.807) is 18.5 Å². The lowest BCUT2D eigenvalue weighted by Gasteiger charge is -2.28. The van der Waals surface area contributed by atoms with Gasteiger partial charge >= 0.3 is 5.97 Å². The number of rotatable bonds is 13. The van der Waals surface area contributed by atoms with E-state index in [2.05, 4.69) is 26.5 Å². The topological polar surface area (TPSA) is 89.3 Å². The zero-order valence-electron chi connectivity index (χ0n) is 15.1. The van der Waals surface area contributed by atoms with Gasteiger partial charge in [-0.1, -0.05) is 40.0 Å². The van der Waals surface area contributed by atoms with E-state index in [1.807, 2.05) is 0 Å². The Labute approximate surface area is 138 Å². The summed E-state index contributed by atoms with van der Waals surface area (Å²) in [4.78, 5) is 9.24. The van der Waals surface area contributed by atoms with Gasteiger partial charge in [-0.25, -0.2) is 0 Å². The van der Waals surface area contributed by atoms with Gasteiger partial charge in [-0.3, -0.25) is 4.79 Å². The third-order valence-corrected chi connectivity index (χ3v) is 9.03. The molecule has 0 bridgehead atoms. The predicted molar refractivity (Wildman–Crippen MR) is 101 cm³/mol. The zero-order valence-corrected chi connectivity index (χ0v) is 16.0. The summed E-state index contributed by atoms with van der Waals surface area (Å²) in [6, 6.07) is 0. The summed E-state index contributed by atoms with van der Waals surface area (Å²) in [7, 11) is -0.642. The normalized spacial score (nSPS) is 11.0. The highest BCUT2D eigenvalue weighted by Gasteiger charge is 2.34. The molecule has 0 aliphatic heterocycles. The van der Waals surface area contributed by atoms with Crippen LogP contribution in [0.3, 0.4) is 0 Å². The molecule has 5 N–H and O–H groups in total. The number of carboxylic acids is 1. The van der Waals surface area contributed by atoms with E-state index in [0.717, 1.165) is 6.54 Å². The Balaban J connectivity index is 0. The van der Waals surface area contributed by atoms with Crippen LogP contribution in [0.25, 0.3) is 0 Å². The number of aliphatic carboxylic acids is 1. The number of unbranched alkanes of at least 4 members (excludes halogenated alkanes) is 3. The molecular weight excluding hydrogens is 295 g/mol. The van der Waals surface area contributed by atoms with Crippen molar-refractivity contribution in [2.75, 3.05) is 37.7 Å². The molecule has 0 rings (SSSR count). The van der Waals surface area contributed by atoms with Crippen LogP contribution in [-0.4, -0.2) is 48.8 Å². The summed E-state index contributed by atoms with van der Waals surface area (Å²) in [5.41, 5.74) is 10.3. The minimum absolute atomic E-state index is 0.278. The summed E-state index contributed by atoms with van der Waals surface area (Å²) in [5, 5.41) is 7.60. The van der Waals surface area contributed by atoms with Crippen LogP contribution in [0.1, 0.15) is 65.7 Å². The third kappa shape index (κ3) is 14.7. The second-order valence-electron chi connectivity index (χ2n) is 6.04. The highest BCUT2D eigenvalue weighted by atomic mass is 31.2. The molecule has 0 radical (unpaired) electrons. The molecule has 0 aliphatic rings. The van der Waals surface area contributed by atoms with Gasteiger partial charge in [-0.05, 0) is 32.2 Å². The Kier molecular flexibility index (Phi) is 18.8. The Hall–Kier alpha value is -0.180. The van der Waals surface area contributed by atoms with Crippen LogP contribution in [0.15, 0.2) is 0 Å². The lowest BCUT2D eigenvalue weighted by atomic mass is 10.4.